The zero-order chi connectivity index (χ0) is 23.1. The molecule has 0 saturated heterocycles. The van der Waals surface area contributed by atoms with Gasteiger partial charge in [0.1, 0.15) is 17.2 Å². The van der Waals surface area contributed by atoms with Crippen LogP contribution < -0.4 is 5.32 Å². The Morgan fingerprint density at radius 1 is 1.06 bits per heavy atom. The third-order valence-corrected chi connectivity index (χ3v) is 4.65. The third-order valence-electron chi connectivity index (χ3n) is 4.65. The van der Waals surface area contributed by atoms with Gasteiger partial charge in [0.15, 0.2) is 11.5 Å². The summed E-state index contributed by atoms with van der Waals surface area (Å²) in [6.45, 7) is 0.412. The van der Waals surface area contributed by atoms with Crippen LogP contribution in [0, 0.1) is 0 Å². The highest BCUT2D eigenvalue weighted by atomic mass is 19.4. The standard InChI is InChI=1S/C18H13F6N7O/c19-17(20,21)12-6-9(3-4-26-12)14-29-15-10(2-1-5-31(15)30-14)28-16(32)11-7-25-8-13(27-11)18(22,23)24/h3-4,6-8,10H,1-2,5H2,(H,28,32)/t10-/m0/s1. The quantitative estimate of drug-likeness (QED) is 0.606. The van der Waals surface area contributed by atoms with Crippen LogP contribution in [0.1, 0.15) is 46.6 Å². The predicted molar refractivity (Wildman–Crippen MR) is 94.7 cm³/mol. The summed E-state index contributed by atoms with van der Waals surface area (Å²) in [6, 6.07) is 1.41. The molecule has 0 radical (unpaired) electrons. The molecule has 0 bridgehead atoms. The van der Waals surface area contributed by atoms with E-state index in [2.05, 4.69) is 30.4 Å². The zero-order valence-corrected chi connectivity index (χ0v) is 15.9. The van der Waals surface area contributed by atoms with Gasteiger partial charge in [-0.2, -0.15) is 31.4 Å². The minimum atomic E-state index is -4.76. The Morgan fingerprint density at radius 3 is 2.53 bits per heavy atom. The van der Waals surface area contributed by atoms with Crippen LogP contribution in [0.2, 0.25) is 0 Å². The first-order chi connectivity index (χ1) is 15.0. The molecule has 0 aliphatic carbocycles. The molecule has 1 amide bonds. The summed E-state index contributed by atoms with van der Waals surface area (Å²) < 4.78 is 78.7. The van der Waals surface area contributed by atoms with E-state index in [9.17, 15) is 31.1 Å². The number of pyridine rings is 1. The smallest absolute Gasteiger partial charge is 0.341 e. The van der Waals surface area contributed by atoms with E-state index in [-0.39, 0.29) is 17.2 Å². The summed E-state index contributed by atoms with van der Waals surface area (Å²) in [5, 5.41) is 6.75. The average molecular weight is 457 g/mol. The Balaban J connectivity index is 1.59. The number of fused-ring (bicyclic) bond motifs is 1. The van der Waals surface area contributed by atoms with E-state index in [0.29, 0.717) is 25.6 Å². The number of hydrogen-bond acceptors (Lipinski definition) is 6. The van der Waals surface area contributed by atoms with Gasteiger partial charge in [0, 0.05) is 18.3 Å². The second kappa shape index (κ2) is 7.84. The highest BCUT2D eigenvalue weighted by Crippen LogP contribution is 2.31. The first-order valence-corrected chi connectivity index (χ1v) is 9.21. The van der Waals surface area contributed by atoms with E-state index in [1.807, 2.05) is 0 Å². The van der Waals surface area contributed by atoms with Crippen molar-refractivity contribution in [2.24, 2.45) is 0 Å². The van der Waals surface area contributed by atoms with Gasteiger partial charge in [-0.25, -0.2) is 14.6 Å². The first kappa shape index (κ1) is 21.6. The summed E-state index contributed by atoms with van der Waals surface area (Å²) >= 11 is 0. The van der Waals surface area contributed by atoms with Gasteiger partial charge in [0.2, 0.25) is 0 Å². The zero-order valence-electron chi connectivity index (χ0n) is 15.9. The van der Waals surface area contributed by atoms with Crippen LogP contribution in [-0.4, -0.2) is 35.6 Å². The van der Waals surface area contributed by atoms with Crippen molar-refractivity contribution in [2.75, 3.05) is 0 Å². The monoisotopic (exact) mass is 457 g/mol. The maximum atomic E-state index is 12.9. The highest BCUT2D eigenvalue weighted by molar-refractivity contribution is 5.92. The molecular formula is C18H13F6N7O. The predicted octanol–water partition coefficient (Wildman–Crippen LogP) is 3.43. The molecule has 8 nitrogen and oxygen atoms in total. The maximum Gasteiger partial charge on any atom is 0.434 e. The fourth-order valence-corrected chi connectivity index (χ4v) is 3.18. The lowest BCUT2D eigenvalue weighted by Gasteiger charge is -2.22. The fraction of sp³-hybridized carbons (Fsp3) is 0.333. The summed E-state index contributed by atoms with van der Waals surface area (Å²) in [5.74, 6) is -0.618. The van der Waals surface area contributed by atoms with Crippen molar-refractivity contribution in [3.05, 3.63) is 53.6 Å². The Hall–Kier alpha value is -3.58. The lowest BCUT2D eigenvalue weighted by molar-refractivity contribution is -0.142. The minimum absolute atomic E-state index is 0.00732. The van der Waals surface area contributed by atoms with Crippen LogP contribution in [0.4, 0.5) is 26.3 Å². The van der Waals surface area contributed by atoms with Crippen molar-refractivity contribution in [1.29, 1.82) is 0 Å². The minimum Gasteiger partial charge on any atom is -0.341 e. The molecule has 14 heteroatoms. The number of rotatable bonds is 3. The maximum absolute atomic E-state index is 12.9. The van der Waals surface area contributed by atoms with Crippen LogP contribution >= 0.6 is 0 Å². The molecule has 1 N–H and O–H groups in total. The molecular weight excluding hydrogens is 444 g/mol. The molecule has 4 heterocycles. The Morgan fingerprint density at radius 2 is 1.81 bits per heavy atom. The number of carbonyl (C=O) groups is 1. The summed E-state index contributed by atoms with van der Waals surface area (Å²) in [4.78, 5) is 26.7. The molecule has 1 aliphatic heterocycles. The number of aromatic nitrogens is 6. The van der Waals surface area contributed by atoms with Gasteiger partial charge in [-0.05, 0) is 25.0 Å². The SMILES string of the molecule is O=C(N[C@H]1CCCn2nc(-c3ccnc(C(F)(F)F)c3)nc21)c1cncc(C(F)(F)F)n1. The van der Waals surface area contributed by atoms with Crippen molar-refractivity contribution in [2.45, 2.75) is 37.8 Å². The largest absolute Gasteiger partial charge is 0.434 e. The van der Waals surface area contributed by atoms with Gasteiger partial charge in [-0.1, -0.05) is 0 Å². The molecule has 3 aromatic heterocycles. The first-order valence-electron chi connectivity index (χ1n) is 9.21. The lowest BCUT2D eigenvalue weighted by Crippen LogP contribution is -2.34. The number of amides is 1. The number of hydrogen-bond donors (Lipinski definition) is 1. The van der Waals surface area contributed by atoms with Crippen LogP contribution in [-0.2, 0) is 18.9 Å². The summed E-state index contributed by atoms with van der Waals surface area (Å²) in [5.41, 5.74) is -2.85. The van der Waals surface area contributed by atoms with E-state index >= 15 is 0 Å². The van der Waals surface area contributed by atoms with Crippen molar-refractivity contribution >= 4 is 5.91 Å². The number of nitrogens with one attached hydrogen (secondary N) is 1. The molecule has 0 aromatic carbocycles. The number of carbonyl (C=O) groups excluding carboxylic acids is 1. The van der Waals surface area contributed by atoms with E-state index in [1.165, 1.54) is 10.7 Å². The molecule has 0 saturated carbocycles. The van der Waals surface area contributed by atoms with Gasteiger partial charge < -0.3 is 5.32 Å². The van der Waals surface area contributed by atoms with E-state index in [4.69, 9.17) is 0 Å². The van der Waals surface area contributed by atoms with Crippen molar-refractivity contribution in [3.63, 3.8) is 0 Å². The van der Waals surface area contributed by atoms with Gasteiger partial charge in [0.25, 0.3) is 5.91 Å². The number of nitrogens with zero attached hydrogens (tertiary/aromatic N) is 6. The molecule has 32 heavy (non-hydrogen) atoms. The Bertz CT molecular complexity index is 1160. The average Bonchev–Trinajstić information content (AvgIpc) is 3.18. The molecule has 0 unspecified atom stereocenters. The van der Waals surface area contributed by atoms with Crippen molar-refractivity contribution in [3.8, 4) is 11.4 Å². The van der Waals surface area contributed by atoms with Crippen LogP contribution in [0.25, 0.3) is 11.4 Å². The van der Waals surface area contributed by atoms with Crippen LogP contribution in [0.5, 0.6) is 0 Å². The van der Waals surface area contributed by atoms with Gasteiger partial charge in [-0.3, -0.25) is 14.8 Å². The van der Waals surface area contributed by atoms with Gasteiger partial charge >= 0.3 is 12.4 Å². The van der Waals surface area contributed by atoms with Crippen molar-refractivity contribution in [1.82, 2.24) is 35.0 Å². The van der Waals surface area contributed by atoms with Gasteiger partial charge in [0.05, 0.1) is 18.4 Å². The third kappa shape index (κ3) is 4.38. The van der Waals surface area contributed by atoms with Crippen molar-refractivity contribution < 1.29 is 31.1 Å². The second-order valence-corrected chi connectivity index (χ2v) is 6.90. The van der Waals surface area contributed by atoms with Gasteiger partial charge in [-0.15, -0.1) is 0 Å². The lowest BCUT2D eigenvalue weighted by atomic mass is 10.1. The molecule has 0 spiro atoms. The number of halogens is 6. The molecule has 4 rings (SSSR count). The number of alkyl halides is 6. The molecule has 168 valence electrons. The summed E-state index contributed by atoms with van der Waals surface area (Å²) in [6.07, 6.45) is -6.05. The highest BCUT2D eigenvalue weighted by Gasteiger charge is 2.35. The van der Waals surface area contributed by atoms with E-state index in [0.717, 1.165) is 18.5 Å². The molecule has 1 aliphatic rings. The molecule has 3 aromatic rings. The molecule has 1 atom stereocenters. The molecule has 0 fully saturated rings. The Kier molecular flexibility index (Phi) is 5.30. The van der Waals surface area contributed by atoms with E-state index < -0.39 is 41.4 Å². The Labute approximate surface area is 175 Å². The summed E-state index contributed by atoms with van der Waals surface area (Å²) in [7, 11) is 0. The van der Waals surface area contributed by atoms with E-state index in [1.54, 1.807) is 0 Å². The number of aryl methyl sites for hydroxylation is 1. The topological polar surface area (TPSA) is 98.5 Å². The normalized spacial score (nSPS) is 16.5. The second-order valence-electron chi connectivity index (χ2n) is 6.90. The fourth-order valence-electron chi connectivity index (χ4n) is 3.18. The van der Waals surface area contributed by atoms with Crippen LogP contribution in [0.3, 0.4) is 0 Å². The van der Waals surface area contributed by atoms with Crippen LogP contribution in [0.15, 0.2) is 30.7 Å².